The molecule has 2 aromatic rings. The zero-order valence-corrected chi connectivity index (χ0v) is 39.2. The molecule has 0 spiro atoms. The van der Waals surface area contributed by atoms with Crippen molar-refractivity contribution in [3.63, 3.8) is 0 Å². The van der Waals surface area contributed by atoms with E-state index in [-0.39, 0.29) is 33.8 Å². The van der Waals surface area contributed by atoms with E-state index in [1.807, 2.05) is 24.3 Å². The summed E-state index contributed by atoms with van der Waals surface area (Å²) in [6, 6.07) is 8.01. The number of aliphatic carboxylic acids is 1. The van der Waals surface area contributed by atoms with Gasteiger partial charge in [-0.1, -0.05) is 71.1 Å². The van der Waals surface area contributed by atoms with Crippen LogP contribution in [0.3, 0.4) is 0 Å². The van der Waals surface area contributed by atoms with Gasteiger partial charge in [0.1, 0.15) is 12.0 Å². The molecule has 1 aliphatic heterocycles. The molecule has 2 heterocycles. The molecule has 9 rings (SSSR count). The van der Waals surface area contributed by atoms with Gasteiger partial charge >= 0.3 is 5.97 Å². The second kappa shape index (κ2) is 15.1. The summed E-state index contributed by atoms with van der Waals surface area (Å²) in [5.74, 6) is 8.42. The van der Waals surface area contributed by atoms with Crippen molar-refractivity contribution in [2.75, 3.05) is 44.3 Å². The van der Waals surface area contributed by atoms with E-state index in [0.29, 0.717) is 48.3 Å². The normalized spacial score (nSPS) is 40.9. The smallest absolute Gasteiger partial charge is 0.313 e. The van der Waals surface area contributed by atoms with Crippen molar-refractivity contribution in [2.45, 2.75) is 124 Å². The number of fused-ring (bicyclic) bond motifs is 8. The average Bonchev–Trinajstić information content (AvgIpc) is 3.80. The molecule has 4 saturated carbocycles. The maximum Gasteiger partial charge on any atom is 0.313 e. The number of nitrogens with zero attached hydrogens (tertiary/aromatic N) is 2. The summed E-state index contributed by atoms with van der Waals surface area (Å²) >= 11 is 1.40. The molecule has 60 heavy (non-hydrogen) atoms. The molecule has 1 aromatic heterocycles. The third kappa shape index (κ3) is 6.66. The Bertz CT molecular complexity index is 2190. The first-order valence-corrected chi connectivity index (χ1v) is 26.3. The second-order valence-corrected chi connectivity index (χ2v) is 25.9. The predicted molar refractivity (Wildman–Crippen MR) is 249 cm³/mol. The van der Waals surface area contributed by atoms with Gasteiger partial charge in [-0.3, -0.25) is 9.00 Å². The number of carbonyl (C=O) groups is 1. The zero-order chi connectivity index (χ0) is 42.5. The quantitative estimate of drug-likeness (QED) is 0.182. The number of aromatic nitrogens is 1. The first-order chi connectivity index (χ1) is 28.4. The summed E-state index contributed by atoms with van der Waals surface area (Å²) in [6.45, 7) is 24.1. The van der Waals surface area contributed by atoms with Gasteiger partial charge in [-0.25, -0.2) is 0 Å². The lowest BCUT2D eigenvalue weighted by Crippen LogP contribution is -2.68. The number of hydrogen-bond donors (Lipinski definition) is 2. The summed E-state index contributed by atoms with van der Waals surface area (Å²) in [5.41, 5.74) is 4.27. The van der Waals surface area contributed by atoms with E-state index in [1.54, 1.807) is 0 Å². The number of carboxylic acid groups (broad SMARTS) is 1. The lowest BCUT2D eigenvalue weighted by molar-refractivity contribution is -0.221. The Morgan fingerprint density at radius 2 is 1.73 bits per heavy atom. The Morgan fingerprint density at radius 1 is 0.967 bits per heavy atom. The third-order valence-corrected chi connectivity index (χ3v) is 22.0. The number of hydrogen-bond acceptors (Lipinski definition) is 7. The molecule has 1 saturated heterocycles. The van der Waals surface area contributed by atoms with Crippen molar-refractivity contribution in [2.24, 2.45) is 56.7 Å². The molecular formula is C51H73N3O4S2. The maximum absolute atomic E-state index is 12.9. The van der Waals surface area contributed by atoms with Gasteiger partial charge in [0.05, 0.1) is 10.1 Å². The molecule has 6 aliphatic carbocycles. The average molecular weight is 856 g/mol. The van der Waals surface area contributed by atoms with Crippen molar-refractivity contribution in [1.29, 1.82) is 0 Å². The van der Waals surface area contributed by atoms with Crippen LogP contribution in [0, 0.1) is 56.7 Å². The minimum Gasteiger partial charge on any atom is -0.481 e. The molecule has 0 radical (unpaired) electrons. The Morgan fingerprint density at radius 3 is 2.45 bits per heavy atom. The Hall–Kier alpha value is -2.46. The maximum atomic E-state index is 12.9. The number of nitrogens with one attached hydrogen (secondary N) is 1. The minimum absolute atomic E-state index is 0.0117. The van der Waals surface area contributed by atoms with Gasteiger partial charge in [0.25, 0.3) is 0 Å². The first-order valence-electron chi connectivity index (χ1n) is 23.4. The minimum atomic E-state index is -1.88. The molecule has 0 amide bonds. The third-order valence-electron chi connectivity index (χ3n) is 19.3. The van der Waals surface area contributed by atoms with Crippen molar-refractivity contribution in [3.05, 3.63) is 59.7 Å². The van der Waals surface area contributed by atoms with Gasteiger partial charge in [-0.15, -0.1) is 0 Å². The topological polar surface area (TPSA) is 91.8 Å². The number of carboxylic acids is 1. The van der Waals surface area contributed by atoms with Gasteiger partial charge in [0.2, 0.25) is 5.88 Å². The lowest BCUT2D eigenvalue weighted by atomic mass is 9.33. The van der Waals surface area contributed by atoms with Crippen molar-refractivity contribution in [3.8, 4) is 5.88 Å². The largest absolute Gasteiger partial charge is 0.481 e. The van der Waals surface area contributed by atoms with Crippen molar-refractivity contribution in [1.82, 2.24) is 14.6 Å². The van der Waals surface area contributed by atoms with Gasteiger partial charge in [-0.05, 0) is 185 Å². The molecule has 7 aliphatic rings. The van der Waals surface area contributed by atoms with Crippen molar-refractivity contribution < 1.29 is 18.8 Å². The van der Waals surface area contributed by atoms with Gasteiger partial charge in [-0.2, -0.15) is 4.37 Å². The number of allylic oxidation sites excluding steroid dienone is 5. The number of benzene rings is 1. The SMILES string of the molecule is C=C(C)[C@@H]1CC[C@]2(NCCN3CCS(=C)(=O)CC3)CC[C@]3(C)[C@H](CC[C@@H]4[C@@]5(C)CC=C(C6=CCC(COc7nsc8ccccc78)(C(=O)O)CC6)C(C)(C)[C@@H]5CC[C@]43C)[C@@H]12. The molecular weight excluding hydrogens is 783 g/mol. The van der Waals surface area contributed by atoms with Crippen LogP contribution in [0.25, 0.3) is 10.1 Å². The van der Waals surface area contributed by atoms with Crippen LogP contribution in [-0.2, 0) is 14.3 Å². The Kier molecular flexibility index (Phi) is 10.8. The van der Waals surface area contributed by atoms with E-state index in [0.717, 1.165) is 60.6 Å². The van der Waals surface area contributed by atoms with Crippen LogP contribution in [0.4, 0.5) is 0 Å². The van der Waals surface area contributed by atoms with E-state index >= 15 is 0 Å². The highest BCUT2D eigenvalue weighted by atomic mass is 32.2. The van der Waals surface area contributed by atoms with E-state index in [4.69, 9.17) is 4.74 Å². The fraction of sp³-hybridized carbons (Fsp3) is 0.706. The predicted octanol–water partition coefficient (Wildman–Crippen LogP) is 10.4. The van der Waals surface area contributed by atoms with Gasteiger partial charge in [0.15, 0.2) is 0 Å². The van der Waals surface area contributed by atoms with Crippen LogP contribution in [0.15, 0.2) is 59.7 Å². The number of rotatable bonds is 10. The highest BCUT2D eigenvalue weighted by Crippen LogP contribution is 2.76. The molecule has 10 atom stereocenters. The molecule has 1 unspecified atom stereocenters. The fourth-order valence-corrected chi connectivity index (χ4v) is 17.9. The Labute approximate surface area is 365 Å². The molecule has 2 N–H and O–H groups in total. The summed E-state index contributed by atoms with van der Waals surface area (Å²) in [5, 5.41) is 15.8. The monoisotopic (exact) mass is 856 g/mol. The van der Waals surface area contributed by atoms with Gasteiger partial charge in [0, 0.05) is 43.2 Å². The van der Waals surface area contributed by atoms with E-state index in [2.05, 4.69) is 80.7 Å². The molecule has 1 aromatic carbocycles. The van der Waals surface area contributed by atoms with Gasteiger partial charge < -0.3 is 20.1 Å². The molecule has 0 bridgehead atoms. The van der Waals surface area contributed by atoms with Crippen LogP contribution in [-0.4, -0.2) is 80.3 Å². The fourth-order valence-electron chi connectivity index (χ4n) is 15.8. The summed E-state index contributed by atoms with van der Waals surface area (Å²) in [6.07, 6.45) is 18.1. The van der Waals surface area contributed by atoms with E-state index in [1.165, 1.54) is 79.6 Å². The summed E-state index contributed by atoms with van der Waals surface area (Å²) in [4.78, 5) is 15.4. The molecule has 5 fully saturated rings. The Balaban J connectivity index is 0.929. The van der Waals surface area contributed by atoms with Crippen LogP contribution >= 0.6 is 11.5 Å². The van der Waals surface area contributed by atoms with Crippen LogP contribution < -0.4 is 10.1 Å². The lowest BCUT2D eigenvalue weighted by Gasteiger charge is -2.72. The van der Waals surface area contributed by atoms with E-state index < -0.39 is 20.9 Å². The van der Waals surface area contributed by atoms with Crippen LogP contribution in [0.5, 0.6) is 5.88 Å². The molecule has 9 heteroatoms. The van der Waals surface area contributed by atoms with E-state index in [9.17, 15) is 14.1 Å². The summed E-state index contributed by atoms with van der Waals surface area (Å²) < 4.78 is 24.3. The highest BCUT2D eigenvalue weighted by Gasteiger charge is 2.70. The molecule has 328 valence electrons. The number of ether oxygens (including phenoxy) is 1. The first kappa shape index (κ1) is 42.8. The summed E-state index contributed by atoms with van der Waals surface area (Å²) in [7, 11) is -1.88. The van der Waals surface area contributed by atoms with Crippen molar-refractivity contribution >= 4 is 43.0 Å². The second-order valence-electron chi connectivity index (χ2n) is 22.3. The molecule has 7 nitrogen and oxygen atoms in total. The van der Waals surface area contributed by atoms with Crippen LogP contribution in [0.2, 0.25) is 0 Å². The highest BCUT2D eigenvalue weighted by molar-refractivity contribution is 8.00. The standard InChI is InChI=1S/C51H73N3O4S2/c1-34(2)36-17-24-51(52-27-28-54-29-31-60(8,57)32-30-54)26-25-48(6)39(43(36)51)13-14-42-47(5)20-18-38(46(3,4)41(47)19-21-49(42,48)7)35-15-22-50(23-16-35,45(55)56)33-58-44-37-11-9-10-12-40(37)59-53-44/h9-12,15,18,36,39,41-43,52H,1,8,13-14,16-17,19-33H2,2-7H3,(H,55,56)/t36-,39+,41-,42+,43+,47-,48+,49+,50?,51-/m0/s1. The van der Waals surface area contributed by atoms with Crippen LogP contribution in [0.1, 0.15) is 119 Å². The zero-order valence-electron chi connectivity index (χ0n) is 37.6.